The Balaban J connectivity index is 0.851. The van der Waals surface area contributed by atoms with E-state index in [9.17, 15) is 0 Å². The standard InChI is InChI=1S/C88H65N6P/c1-62-24-14-19-41-83(62)93(69-33-10-4-11-34-69)75-55-51-73(52-56-75)91(67-29-6-2-7-30-67)71-47-43-65(44-48-71)85-86(90-88-82(80-40-23-28-64-26-16-18-38-78(64)80)60-59-81(87(88)89-85)79-39-22-27-63-25-15-17-37-77(63)79)66-45-49-72(50-46-66)92(68-31-8-3-9-32-68)74-53-57-76(58-54-74)94(70-35-12-5-13-36-70)84-42-20-21-61-95-84/h2-23,25-62H,24H2,1H3. The van der Waals surface area contributed by atoms with Gasteiger partial charge in [-0.2, -0.15) is 0 Å². The molecule has 0 N–H and O–H groups in total. The monoisotopic (exact) mass is 1240 g/mol. The van der Waals surface area contributed by atoms with Gasteiger partial charge in [0.1, 0.15) is 0 Å². The summed E-state index contributed by atoms with van der Waals surface area (Å²) in [7, 11) is 1.13. The van der Waals surface area contributed by atoms with Gasteiger partial charge in [0.2, 0.25) is 0 Å². The molecule has 1 aliphatic rings. The molecule has 0 saturated carbocycles. The van der Waals surface area contributed by atoms with Crippen molar-refractivity contribution in [2.45, 2.75) is 13.3 Å². The molecule has 0 bridgehead atoms. The summed E-state index contributed by atoms with van der Waals surface area (Å²) in [6.07, 6.45) is 7.70. The molecule has 6 nitrogen and oxygen atoms in total. The van der Waals surface area contributed by atoms with E-state index in [1.807, 2.05) is 0 Å². The number of hydrogen-bond donors (Lipinski definition) is 0. The van der Waals surface area contributed by atoms with Crippen molar-refractivity contribution in [2.24, 2.45) is 5.92 Å². The van der Waals surface area contributed by atoms with Crippen LogP contribution >= 0.6 is 8.19 Å². The van der Waals surface area contributed by atoms with Gasteiger partial charge in [-0.15, -0.1) is 0 Å². The van der Waals surface area contributed by atoms with Crippen molar-refractivity contribution < 1.29 is 0 Å². The quantitative estimate of drug-likeness (QED) is 0.0960. The van der Waals surface area contributed by atoms with E-state index in [0.717, 1.165) is 138 Å². The highest BCUT2D eigenvalue weighted by Crippen LogP contribution is 2.47. The van der Waals surface area contributed by atoms with Gasteiger partial charge in [0.25, 0.3) is 0 Å². The number of allylic oxidation sites excluding steroid dienone is 4. The molecule has 0 fully saturated rings. The number of fused-ring (bicyclic) bond motifs is 3. The Morgan fingerprint density at radius 1 is 0.305 bits per heavy atom. The first-order valence-corrected chi connectivity index (χ1v) is 33.4. The first-order valence-electron chi connectivity index (χ1n) is 32.5. The molecule has 1 aliphatic carbocycles. The second kappa shape index (κ2) is 26.0. The summed E-state index contributed by atoms with van der Waals surface area (Å²) in [6.45, 7) is 2.31. The van der Waals surface area contributed by atoms with Crippen LogP contribution in [-0.2, 0) is 0 Å². The first-order chi connectivity index (χ1) is 47.1. The Bertz CT molecular complexity index is 5210. The Morgan fingerprint density at radius 3 is 1.07 bits per heavy atom. The first kappa shape index (κ1) is 58.2. The van der Waals surface area contributed by atoms with Gasteiger partial charge in [0.15, 0.2) is 0 Å². The van der Waals surface area contributed by atoms with Gasteiger partial charge in [-0.1, -0.05) is 225 Å². The lowest BCUT2D eigenvalue weighted by Crippen LogP contribution is -2.22. The average Bonchev–Trinajstić information content (AvgIpc) is 0.895. The van der Waals surface area contributed by atoms with Crippen molar-refractivity contribution in [3.63, 3.8) is 0 Å². The van der Waals surface area contributed by atoms with Crippen LogP contribution in [0.1, 0.15) is 13.3 Å². The summed E-state index contributed by atoms with van der Waals surface area (Å²) in [4.78, 5) is 21.3. The number of aromatic nitrogens is 2. The third-order valence-corrected chi connectivity index (χ3v) is 19.0. The maximum absolute atomic E-state index is 5.97. The summed E-state index contributed by atoms with van der Waals surface area (Å²) in [5.74, 6) is 2.55. The van der Waals surface area contributed by atoms with Crippen LogP contribution in [-0.4, -0.2) is 9.97 Å². The molecular weight excluding hydrogens is 1170 g/mol. The zero-order valence-corrected chi connectivity index (χ0v) is 53.4. The zero-order valence-electron chi connectivity index (χ0n) is 52.5. The van der Waals surface area contributed by atoms with E-state index in [1.54, 1.807) is 0 Å². The van der Waals surface area contributed by atoms with Crippen LogP contribution in [0.4, 0.5) is 62.3 Å². The highest BCUT2D eigenvalue weighted by molar-refractivity contribution is 7.33. The third kappa shape index (κ3) is 11.5. The lowest BCUT2D eigenvalue weighted by atomic mass is 9.91. The molecule has 7 heteroatoms. The Hall–Kier alpha value is -12.0. The van der Waals surface area contributed by atoms with Gasteiger partial charge in [0, 0.05) is 90.7 Å². The molecule has 16 rings (SSSR count). The zero-order chi connectivity index (χ0) is 63.4. The van der Waals surface area contributed by atoms with Crippen LogP contribution in [0.2, 0.25) is 0 Å². The van der Waals surface area contributed by atoms with E-state index >= 15 is 0 Å². The van der Waals surface area contributed by atoms with E-state index in [1.165, 1.54) is 21.9 Å². The predicted octanol–water partition coefficient (Wildman–Crippen LogP) is 25.2. The molecule has 0 aliphatic heterocycles. The van der Waals surface area contributed by atoms with Crippen LogP contribution in [0.15, 0.2) is 363 Å². The summed E-state index contributed by atoms with van der Waals surface area (Å²) >= 11 is 0. The van der Waals surface area contributed by atoms with Gasteiger partial charge in [0.05, 0.1) is 27.8 Å². The van der Waals surface area contributed by atoms with Crippen molar-refractivity contribution in [2.75, 3.05) is 19.6 Å². The summed E-state index contributed by atoms with van der Waals surface area (Å²) in [5.41, 5.74) is 22.5. The number of benzene rings is 13. The van der Waals surface area contributed by atoms with E-state index in [0.29, 0.717) is 5.92 Å². The molecule has 1 atom stereocenters. The average molecular weight is 1240 g/mol. The maximum atomic E-state index is 5.97. The van der Waals surface area contributed by atoms with E-state index in [4.69, 9.17) is 9.97 Å². The number of hydrogen-bond acceptors (Lipinski definition) is 6. The van der Waals surface area contributed by atoms with Gasteiger partial charge in [-0.25, -0.2) is 9.97 Å². The number of nitrogens with zero attached hydrogens (tertiary/aromatic N) is 6. The lowest BCUT2D eigenvalue weighted by Gasteiger charge is -2.33. The fourth-order valence-corrected chi connectivity index (χ4v) is 14.4. The van der Waals surface area contributed by atoms with Gasteiger partial charge in [-0.3, -0.25) is 0 Å². The van der Waals surface area contributed by atoms with E-state index in [2.05, 4.69) is 384 Å². The fourth-order valence-electron chi connectivity index (χ4n) is 13.5. The topological polar surface area (TPSA) is 38.7 Å². The van der Waals surface area contributed by atoms with Crippen LogP contribution < -0.4 is 19.6 Å². The van der Waals surface area contributed by atoms with Crippen LogP contribution in [0.5, 0.6) is 0 Å². The highest BCUT2D eigenvalue weighted by Gasteiger charge is 2.25. The molecule has 95 heavy (non-hydrogen) atoms. The Morgan fingerprint density at radius 2 is 0.653 bits per heavy atom. The largest absolute Gasteiger partial charge is 0.314 e. The molecular formula is C88H65N6P. The molecule has 2 aromatic heterocycles. The van der Waals surface area contributed by atoms with E-state index < -0.39 is 0 Å². The van der Waals surface area contributed by atoms with Crippen molar-refractivity contribution in [1.29, 1.82) is 0 Å². The fraction of sp³-hybridized carbons (Fsp3) is 0.0341. The second-order valence-electron chi connectivity index (χ2n) is 24.0. The lowest BCUT2D eigenvalue weighted by molar-refractivity contribution is 0.670. The van der Waals surface area contributed by atoms with Crippen molar-refractivity contribution in [3.05, 3.63) is 363 Å². The van der Waals surface area contributed by atoms with Gasteiger partial charge in [-0.05, 0) is 187 Å². The molecule has 0 saturated heterocycles. The molecule has 0 spiro atoms. The molecule has 1 unspecified atom stereocenters. The molecule has 13 aromatic carbocycles. The van der Waals surface area contributed by atoms with Crippen LogP contribution in [0.3, 0.4) is 0 Å². The molecule has 15 aromatic rings. The minimum atomic E-state index is 0.362. The van der Waals surface area contributed by atoms with E-state index in [-0.39, 0.29) is 0 Å². The highest BCUT2D eigenvalue weighted by atomic mass is 31.0. The number of anilines is 11. The Labute approximate surface area is 556 Å². The molecule has 0 amide bonds. The van der Waals surface area contributed by atoms with Gasteiger partial charge < -0.3 is 19.6 Å². The maximum Gasteiger partial charge on any atom is 0.0979 e. The van der Waals surface area contributed by atoms with Gasteiger partial charge >= 0.3 is 0 Å². The number of para-hydroxylation sites is 4. The van der Waals surface area contributed by atoms with Crippen molar-refractivity contribution in [1.82, 2.24) is 9.97 Å². The summed E-state index contributed by atoms with van der Waals surface area (Å²) < 4.78 is 0. The smallest absolute Gasteiger partial charge is 0.0979 e. The molecule has 2 heterocycles. The van der Waals surface area contributed by atoms with Crippen LogP contribution in [0, 0.1) is 5.92 Å². The second-order valence-corrected chi connectivity index (χ2v) is 25.0. The SMILES string of the molecule is CC1CC=CC=C1N(c1ccccc1)c1ccc(N(c2ccccc2)c2ccc(-c3nc4c(-c5cccc6ccccc56)ccc(-c5cccc6ccccc56)c4nc3-c3ccc(N(c4ccccc4)c4ccc(N(c5ccccc5)c5ccccp5)cc4)cc3)cc2)cc1. The summed E-state index contributed by atoms with van der Waals surface area (Å²) in [5, 5.41) is 4.65. The van der Waals surface area contributed by atoms with Crippen LogP contribution in [0.25, 0.3) is 77.3 Å². The van der Waals surface area contributed by atoms with Crippen molar-refractivity contribution >= 4 is 103 Å². The normalized spacial score (nSPS) is 12.9. The molecule has 452 valence electrons. The predicted molar refractivity (Wildman–Crippen MR) is 402 cm³/mol. The third-order valence-electron chi connectivity index (χ3n) is 18.1. The van der Waals surface area contributed by atoms with Crippen molar-refractivity contribution in [3.8, 4) is 44.8 Å². The Kier molecular flexibility index (Phi) is 15.9. The number of rotatable bonds is 16. The summed E-state index contributed by atoms with van der Waals surface area (Å²) in [6, 6.07) is 120. The minimum Gasteiger partial charge on any atom is -0.314 e. The molecule has 0 radical (unpaired) electrons. The minimum absolute atomic E-state index is 0.362.